The summed E-state index contributed by atoms with van der Waals surface area (Å²) in [5.41, 5.74) is -1.79. The SMILES string of the molecule is CC(C)[C@H]1/C=C\[C@@](C)(O)CC[C@@H](O)[C@](C)(O)C[C@H]2C=C(CC1)C(=O)O2. The first-order chi connectivity index (χ1) is 11.5. The van der Waals surface area contributed by atoms with Crippen LogP contribution in [0.15, 0.2) is 23.8 Å². The van der Waals surface area contributed by atoms with E-state index in [0.29, 0.717) is 24.3 Å². The van der Waals surface area contributed by atoms with Gasteiger partial charge in [0.15, 0.2) is 0 Å². The van der Waals surface area contributed by atoms with Crippen LogP contribution in [0, 0.1) is 11.8 Å². The van der Waals surface area contributed by atoms with Crippen LogP contribution < -0.4 is 0 Å². The molecule has 0 aromatic rings. The lowest BCUT2D eigenvalue weighted by Crippen LogP contribution is -2.43. The van der Waals surface area contributed by atoms with Gasteiger partial charge in [-0.3, -0.25) is 0 Å². The van der Waals surface area contributed by atoms with E-state index in [-0.39, 0.29) is 24.7 Å². The number of fused-ring (bicyclic) bond motifs is 1. The first-order valence-corrected chi connectivity index (χ1v) is 9.24. The van der Waals surface area contributed by atoms with Crippen LogP contribution >= 0.6 is 0 Å². The third kappa shape index (κ3) is 5.40. The first-order valence-electron chi connectivity index (χ1n) is 9.24. The molecule has 1 aliphatic carbocycles. The van der Waals surface area contributed by atoms with E-state index in [9.17, 15) is 20.1 Å². The molecular weight excluding hydrogens is 320 g/mol. The molecule has 2 aliphatic rings. The maximum Gasteiger partial charge on any atom is 0.334 e. The molecule has 5 heteroatoms. The van der Waals surface area contributed by atoms with Gasteiger partial charge in [-0.2, -0.15) is 0 Å². The topological polar surface area (TPSA) is 87.0 Å². The van der Waals surface area contributed by atoms with Gasteiger partial charge in [-0.15, -0.1) is 0 Å². The smallest absolute Gasteiger partial charge is 0.334 e. The highest BCUT2D eigenvalue weighted by Crippen LogP contribution is 2.32. The number of carbonyl (C=O) groups is 1. The standard InChI is InChI=1S/C20H32O5/c1-13(2)14-5-6-15-11-16(25-18(15)22)12-20(4,24)17(21)8-10-19(3,23)9-7-14/h7,9,11,13-14,16-17,21,23-24H,5-6,8,10,12H2,1-4H3/b9-7-/t14-,16-,17-,19-,20-/m1/s1. The summed E-state index contributed by atoms with van der Waals surface area (Å²) in [5.74, 6) is 0.305. The predicted molar refractivity (Wildman–Crippen MR) is 95.8 cm³/mol. The predicted octanol–water partition coefficient (Wildman–Crippen LogP) is 2.49. The maximum atomic E-state index is 12.1. The van der Waals surface area contributed by atoms with Gasteiger partial charge in [0.2, 0.25) is 0 Å². The lowest BCUT2D eigenvalue weighted by atomic mass is 9.84. The number of hydrogen-bond donors (Lipinski definition) is 3. The third-order valence-electron chi connectivity index (χ3n) is 5.47. The van der Waals surface area contributed by atoms with Gasteiger partial charge < -0.3 is 20.1 Å². The average Bonchev–Trinajstić information content (AvgIpc) is 2.82. The highest BCUT2D eigenvalue weighted by atomic mass is 16.5. The van der Waals surface area contributed by atoms with Crippen molar-refractivity contribution in [1.82, 2.24) is 0 Å². The summed E-state index contributed by atoms with van der Waals surface area (Å²) in [6, 6.07) is 0. The van der Waals surface area contributed by atoms with Crippen molar-refractivity contribution in [2.24, 2.45) is 11.8 Å². The Balaban J connectivity index is 2.27. The van der Waals surface area contributed by atoms with Crippen molar-refractivity contribution >= 4 is 5.97 Å². The fourth-order valence-corrected chi connectivity index (χ4v) is 3.50. The molecule has 1 aliphatic heterocycles. The minimum Gasteiger partial charge on any atom is -0.455 e. The van der Waals surface area contributed by atoms with Crippen LogP contribution in [0.3, 0.4) is 0 Å². The van der Waals surface area contributed by atoms with Crippen molar-refractivity contribution in [3.05, 3.63) is 23.8 Å². The summed E-state index contributed by atoms with van der Waals surface area (Å²) in [7, 11) is 0. The van der Waals surface area contributed by atoms with E-state index in [1.807, 2.05) is 6.08 Å². The lowest BCUT2D eigenvalue weighted by Gasteiger charge is -2.32. The van der Waals surface area contributed by atoms with Gasteiger partial charge in [-0.25, -0.2) is 4.79 Å². The quantitative estimate of drug-likeness (QED) is 0.498. The zero-order valence-electron chi connectivity index (χ0n) is 15.7. The van der Waals surface area contributed by atoms with E-state index in [2.05, 4.69) is 13.8 Å². The van der Waals surface area contributed by atoms with Crippen LogP contribution in [0.1, 0.15) is 59.8 Å². The Morgan fingerprint density at radius 1 is 1.24 bits per heavy atom. The van der Waals surface area contributed by atoms with Crippen LogP contribution in [0.2, 0.25) is 0 Å². The number of aliphatic hydroxyl groups excluding tert-OH is 1. The molecule has 2 bridgehead atoms. The molecule has 25 heavy (non-hydrogen) atoms. The highest BCUT2D eigenvalue weighted by molar-refractivity contribution is 5.90. The van der Waals surface area contributed by atoms with E-state index in [1.165, 1.54) is 0 Å². The number of ether oxygens (including phenoxy) is 1. The molecule has 5 atom stereocenters. The van der Waals surface area contributed by atoms with E-state index < -0.39 is 23.4 Å². The van der Waals surface area contributed by atoms with Crippen molar-refractivity contribution in [2.75, 3.05) is 0 Å². The second-order valence-corrected chi connectivity index (χ2v) is 8.41. The second-order valence-electron chi connectivity index (χ2n) is 8.41. The van der Waals surface area contributed by atoms with E-state index in [1.54, 1.807) is 26.0 Å². The number of carbonyl (C=O) groups excluding carboxylic acids is 1. The van der Waals surface area contributed by atoms with Gasteiger partial charge in [0.1, 0.15) is 6.10 Å². The molecule has 0 saturated heterocycles. The molecule has 2 rings (SSSR count). The second kappa shape index (κ2) is 7.60. The van der Waals surface area contributed by atoms with Crippen LogP contribution in [0.5, 0.6) is 0 Å². The van der Waals surface area contributed by atoms with Gasteiger partial charge in [-0.1, -0.05) is 26.0 Å². The van der Waals surface area contributed by atoms with Crippen LogP contribution in [0.4, 0.5) is 0 Å². The fourth-order valence-electron chi connectivity index (χ4n) is 3.50. The lowest BCUT2D eigenvalue weighted by molar-refractivity contribution is -0.144. The van der Waals surface area contributed by atoms with Crippen LogP contribution in [-0.2, 0) is 9.53 Å². The van der Waals surface area contributed by atoms with Gasteiger partial charge in [0, 0.05) is 12.0 Å². The van der Waals surface area contributed by atoms with Gasteiger partial charge in [0.25, 0.3) is 0 Å². The van der Waals surface area contributed by atoms with E-state index in [0.717, 1.165) is 6.42 Å². The molecule has 0 aromatic carbocycles. The summed E-state index contributed by atoms with van der Waals surface area (Å²) in [5, 5.41) is 31.5. The Morgan fingerprint density at radius 2 is 1.92 bits per heavy atom. The molecule has 0 aromatic heterocycles. The van der Waals surface area contributed by atoms with E-state index in [4.69, 9.17) is 4.74 Å². The van der Waals surface area contributed by atoms with Crippen molar-refractivity contribution in [3.63, 3.8) is 0 Å². The molecule has 0 amide bonds. The minimum absolute atomic E-state index is 0.148. The Labute approximate surface area is 150 Å². The summed E-state index contributed by atoms with van der Waals surface area (Å²) >= 11 is 0. The summed E-state index contributed by atoms with van der Waals surface area (Å²) in [6.07, 6.45) is 6.23. The van der Waals surface area contributed by atoms with Crippen LogP contribution in [-0.4, -0.2) is 44.7 Å². The fraction of sp³-hybridized carbons (Fsp3) is 0.750. The van der Waals surface area contributed by atoms with Crippen molar-refractivity contribution < 1.29 is 24.9 Å². The number of esters is 1. The zero-order chi connectivity index (χ0) is 18.8. The molecule has 0 radical (unpaired) electrons. The molecule has 1 heterocycles. The molecule has 0 fully saturated rings. The Bertz CT molecular complexity index is 544. The summed E-state index contributed by atoms with van der Waals surface area (Å²) in [4.78, 5) is 12.1. The minimum atomic E-state index is -1.39. The van der Waals surface area contributed by atoms with Crippen molar-refractivity contribution in [1.29, 1.82) is 0 Å². The monoisotopic (exact) mass is 352 g/mol. The average molecular weight is 352 g/mol. The molecular formula is C20H32O5. The number of aliphatic hydroxyl groups is 3. The molecule has 142 valence electrons. The third-order valence-corrected chi connectivity index (χ3v) is 5.47. The van der Waals surface area contributed by atoms with E-state index >= 15 is 0 Å². The number of rotatable bonds is 1. The highest BCUT2D eigenvalue weighted by Gasteiger charge is 2.38. The van der Waals surface area contributed by atoms with Gasteiger partial charge in [0.05, 0.1) is 17.3 Å². The van der Waals surface area contributed by atoms with Gasteiger partial charge in [-0.05, 0) is 57.4 Å². The Hall–Kier alpha value is -1.17. The molecule has 0 spiro atoms. The van der Waals surface area contributed by atoms with Gasteiger partial charge >= 0.3 is 5.97 Å². The molecule has 0 unspecified atom stereocenters. The summed E-state index contributed by atoms with van der Waals surface area (Å²) < 4.78 is 5.35. The Morgan fingerprint density at radius 3 is 2.56 bits per heavy atom. The molecule has 5 nitrogen and oxygen atoms in total. The van der Waals surface area contributed by atoms with Crippen molar-refractivity contribution in [2.45, 2.75) is 83.2 Å². The largest absolute Gasteiger partial charge is 0.455 e. The maximum absolute atomic E-state index is 12.1. The first kappa shape index (κ1) is 20.1. The normalized spacial score (nSPS) is 41.8. The molecule has 0 saturated carbocycles. The summed E-state index contributed by atoms with van der Waals surface area (Å²) in [6.45, 7) is 7.51. The van der Waals surface area contributed by atoms with Crippen molar-refractivity contribution in [3.8, 4) is 0 Å². The van der Waals surface area contributed by atoms with Crippen LogP contribution in [0.25, 0.3) is 0 Å². The zero-order valence-corrected chi connectivity index (χ0v) is 15.7. The molecule has 3 N–H and O–H groups in total. The number of allylic oxidation sites excluding steroid dienone is 1. The Kier molecular flexibility index (Phi) is 6.13. The number of hydrogen-bond acceptors (Lipinski definition) is 5.